The van der Waals surface area contributed by atoms with Crippen LogP contribution in [0.3, 0.4) is 0 Å². The van der Waals surface area contributed by atoms with E-state index in [4.69, 9.17) is 5.11 Å². The van der Waals surface area contributed by atoms with Crippen LogP contribution in [0.4, 0.5) is 10.1 Å². The van der Waals surface area contributed by atoms with Crippen molar-refractivity contribution in [3.8, 4) is 25.7 Å². The van der Waals surface area contributed by atoms with Gasteiger partial charge in [0.05, 0.1) is 24.3 Å². The van der Waals surface area contributed by atoms with Crippen LogP contribution in [0.5, 0.6) is 0 Å². The first-order valence-electron chi connectivity index (χ1n) is 15.9. The first kappa shape index (κ1) is 45.2. The van der Waals surface area contributed by atoms with Crippen LogP contribution in [0.15, 0.2) is 35.9 Å². The van der Waals surface area contributed by atoms with Gasteiger partial charge >= 0.3 is 5.97 Å². The van der Waals surface area contributed by atoms with Gasteiger partial charge in [0.1, 0.15) is 6.17 Å². The molecule has 0 amide bonds. The number of terminal acetylenes is 2. The summed E-state index contributed by atoms with van der Waals surface area (Å²) in [6.45, 7) is 19.4. The van der Waals surface area contributed by atoms with E-state index in [-0.39, 0.29) is 17.8 Å². The number of carboxylic acids is 1. The summed E-state index contributed by atoms with van der Waals surface area (Å²) in [5.74, 6) is -0.781. The van der Waals surface area contributed by atoms with Crippen molar-refractivity contribution in [1.82, 2.24) is 0 Å². The average molecular weight is 658 g/mol. The number of methoxy groups -OCH3 is 1. The monoisotopic (exact) mass is 657 g/mol. The smallest absolute Gasteiger partial charge is 0.307 e. The van der Waals surface area contributed by atoms with Crippen LogP contribution < -0.4 is 4.31 Å². The van der Waals surface area contributed by atoms with Gasteiger partial charge in [0.15, 0.2) is 0 Å². The molecule has 5 nitrogen and oxygen atoms in total. The maximum absolute atomic E-state index is 14.6. The lowest BCUT2D eigenvalue weighted by molar-refractivity contribution is -0.136. The fourth-order valence-electron chi connectivity index (χ4n) is 5.22. The number of aliphatic carboxylic acids is 1. The maximum atomic E-state index is 14.6. The van der Waals surface area contributed by atoms with Crippen molar-refractivity contribution in [2.45, 2.75) is 112 Å². The Bertz CT molecular complexity index is 1190. The third kappa shape index (κ3) is 15.1. The first-order chi connectivity index (χ1) is 21.6. The summed E-state index contributed by atoms with van der Waals surface area (Å²) in [4.78, 5) is 11.8. The number of hydrogen-bond acceptors (Lipinski definition) is 5. The summed E-state index contributed by atoms with van der Waals surface area (Å²) in [5.41, 5.74) is 7.48. The number of fused-ring (bicyclic) bond motifs is 3. The van der Waals surface area contributed by atoms with E-state index in [9.17, 15) is 14.3 Å². The van der Waals surface area contributed by atoms with Gasteiger partial charge in [0.2, 0.25) is 0 Å². The van der Waals surface area contributed by atoms with Crippen LogP contribution in [-0.4, -0.2) is 54.5 Å². The number of allylic oxidation sites excluding steroid dienone is 5. The number of nitrogens with zero attached hydrogens (tertiary/aromatic N) is 1. The molecule has 0 bridgehead atoms. The quantitative estimate of drug-likeness (QED) is 0.243. The van der Waals surface area contributed by atoms with Gasteiger partial charge in [-0.2, -0.15) is 0 Å². The SMILES string of the molecule is C#C.C#C.CC.CC(C)(C)O.CCOC.CSN1CC2=CC=CC(F)CC2c2cc(C3=CCC(C)(C)CC3)c(CC(=O)O)c(C)c21. The highest BCUT2D eigenvalue weighted by molar-refractivity contribution is 8.00. The van der Waals surface area contributed by atoms with Crippen LogP contribution in [0.2, 0.25) is 0 Å². The van der Waals surface area contributed by atoms with Gasteiger partial charge in [-0.3, -0.25) is 4.79 Å². The molecule has 2 N–H and O–H groups in total. The molecule has 2 unspecified atom stereocenters. The van der Waals surface area contributed by atoms with E-state index in [0.717, 1.165) is 60.4 Å². The number of carboxylic acid groups (broad SMARTS) is 1. The van der Waals surface area contributed by atoms with Crippen molar-refractivity contribution in [2.24, 2.45) is 5.41 Å². The molecule has 1 heterocycles. The Morgan fingerprint density at radius 3 is 2.17 bits per heavy atom. The van der Waals surface area contributed by atoms with E-state index >= 15 is 0 Å². The summed E-state index contributed by atoms with van der Waals surface area (Å²) in [7, 11) is 1.68. The Balaban J connectivity index is 0. The van der Waals surface area contributed by atoms with E-state index < -0.39 is 17.7 Å². The molecule has 2 atom stereocenters. The molecular formula is C39H60FNO4S. The molecule has 258 valence electrons. The lowest BCUT2D eigenvalue weighted by Crippen LogP contribution is -2.30. The normalized spacial score (nSPS) is 18.8. The van der Waals surface area contributed by atoms with Crippen LogP contribution in [0.1, 0.15) is 109 Å². The summed E-state index contributed by atoms with van der Waals surface area (Å²) < 4.78 is 21.3. The molecule has 1 aromatic rings. The van der Waals surface area contributed by atoms with E-state index in [1.165, 1.54) is 11.1 Å². The van der Waals surface area contributed by atoms with Crippen LogP contribution in [0, 0.1) is 38.0 Å². The van der Waals surface area contributed by atoms with Crippen molar-refractivity contribution in [3.63, 3.8) is 0 Å². The van der Waals surface area contributed by atoms with Crippen LogP contribution >= 0.6 is 11.9 Å². The molecule has 1 aromatic carbocycles. The third-order valence-electron chi connectivity index (χ3n) is 7.35. The minimum atomic E-state index is -0.968. The largest absolute Gasteiger partial charge is 0.481 e. The predicted molar refractivity (Wildman–Crippen MR) is 199 cm³/mol. The molecule has 0 saturated heterocycles. The molecule has 4 rings (SSSR count). The Morgan fingerprint density at radius 2 is 1.74 bits per heavy atom. The molecule has 0 saturated carbocycles. The zero-order valence-electron chi connectivity index (χ0n) is 30.2. The second-order valence-corrected chi connectivity index (χ2v) is 13.3. The van der Waals surface area contributed by atoms with Gasteiger partial charge in [0, 0.05) is 25.9 Å². The van der Waals surface area contributed by atoms with Gasteiger partial charge in [-0.15, -0.1) is 25.7 Å². The average Bonchev–Trinajstić information content (AvgIpc) is 3.20. The van der Waals surface area contributed by atoms with Gasteiger partial charge < -0.3 is 19.3 Å². The molecule has 0 fully saturated rings. The molecule has 3 aliphatic rings. The number of benzene rings is 1. The van der Waals surface area contributed by atoms with Crippen LogP contribution in [0.25, 0.3) is 5.57 Å². The lowest BCUT2D eigenvalue weighted by Gasteiger charge is -2.39. The Morgan fingerprint density at radius 1 is 1.20 bits per heavy atom. The van der Waals surface area contributed by atoms with Crippen molar-refractivity contribution in [1.29, 1.82) is 0 Å². The number of halogens is 1. The maximum Gasteiger partial charge on any atom is 0.307 e. The minimum absolute atomic E-state index is 0.0120. The molecule has 2 aliphatic carbocycles. The zero-order chi connectivity index (χ0) is 36.3. The number of alkyl halides is 1. The van der Waals surface area contributed by atoms with E-state index in [0.29, 0.717) is 6.42 Å². The molecular weight excluding hydrogens is 597 g/mol. The number of anilines is 1. The predicted octanol–water partition coefficient (Wildman–Crippen LogP) is 9.58. The van der Waals surface area contributed by atoms with E-state index in [2.05, 4.69) is 66.8 Å². The highest BCUT2D eigenvalue weighted by atomic mass is 32.2. The van der Waals surface area contributed by atoms with Gasteiger partial charge in [-0.1, -0.05) is 63.9 Å². The van der Waals surface area contributed by atoms with Crippen molar-refractivity contribution >= 4 is 29.2 Å². The highest BCUT2D eigenvalue weighted by Crippen LogP contribution is 2.49. The number of rotatable bonds is 5. The molecule has 0 aromatic heterocycles. The lowest BCUT2D eigenvalue weighted by atomic mass is 9.74. The van der Waals surface area contributed by atoms with Crippen molar-refractivity contribution in [2.75, 3.05) is 30.8 Å². The Labute approximate surface area is 284 Å². The second kappa shape index (κ2) is 22.5. The number of ether oxygens (including phenoxy) is 1. The third-order valence-corrected chi connectivity index (χ3v) is 8.10. The molecule has 0 spiro atoms. The van der Waals surface area contributed by atoms with Gasteiger partial charge in [-0.05, 0) is 105 Å². The molecule has 1 aliphatic heterocycles. The van der Waals surface area contributed by atoms with Gasteiger partial charge in [-0.25, -0.2) is 4.39 Å². The van der Waals surface area contributed by atoms with E-state index in [1.807, 2.05) is 40.0 Å². The number of carbonyl (C=O) groups is 1. The number of hydrogen-bond donors (Lipinski definition) is 2. The molecule has 46 heavy (non-hydrogen) atoms. The van der Waals surface area contributed by atoms with E-state index in [1.54, 1.807) is 45.9 Å². The molecule has 7 heteroatoms. The fraction of sp³-hybridized carbons (Fsp3) is 0.564. The Kier molecular flexibility index (Phi) is 22.1. The number of aliphatic hydroxyl groups is 1. The highest BCUT2D eigenvalue weighted by Gasteiger charge is 2.35. The second-order valence-electron chi connectivity index (χ2n) is 12.5. The summed E-state index contributed by atoms with van der Waals surface area (Å²) in [6.07, 6.45) is 28.4. The van der Waals surface area contributed by atoms with Crippen LogP contribution in [-0.2, 0) is 16.0 Å². The summed E-state index contributed by atoms with van der Waals surface area (Å²) in [6, 6.07) is 2.20. The topological polar surface area (TPSA) is 70.0 Å². The summed E-state index contributed by atoms with van der Waals surface area (Å²) in [5, 5.41) is 18.2. The van der Waals surface area contributed by atoms with Gasteiger partial charge in [0.25, 0.3) is 0 Å². The molecule has 0 radical (unpaired) electrons. The fourth-order valence-corrected chi connectivity index (χ4v) is 5.92. The Hall–Kier alpha value is -2.97. The first-order valence-corrected chi connectivity index (χ1v) is 17.1. The standard InChI is InChI=1S/C26H32FNO2S.C4H10O.C3H8O.C2H6.2C2H2/c1-16-20(14-24(29)30)22(17-8-10-26(2,3)11-9-17)13-23-21-12-19(27)7-5-6-18(21)15-28(31-4)25(16)23;1-4(2,3)5;1-3-4-2;3*1-2/h5-8,13,19,21H,9-12,14-15H2,1-4H3,(H,29,30);5H,1-3H3;3H2,1-2H3;1-2H3;2*1-2H. The summed E-state index contributed by atoms with van der Waals surface area (Å²) >= 11 is 1.65. The van der Waals surface area contributed by atoms with Crippen molar-refractivity contribution in [3.05, 3.63) is 58.2 Å². The van der Waals surface area contributed by atoms with Crippen molar-refractivity contribution < 1.29 is 24.1 Å². The zero-order valence-corrected chi connectivity index (χ0v) is 31.1. The minimum Gasteiger partial charge on any atom is -0.481 e.